The van der Waals surface area contributed by atoms with E-state index in [1.807, 2.05) is 30.3 Å². The molecule has 0 N–H and O–H groups in total. The van der Waals surface area contributed by atoms with E-state index < -0.39 is 12.4 Å². The summed E-state index contributed by atoms with van der Waals surface area (Å²) < 4.78 is 56.6. The zero-order valence-electron chi connectivity index (χ0n) is 14.8. The Morgan fingerprint density at radius 3 is 2.19 bits per heavy atom. The van der Waals surface area contributed by atoms with E-state index in [0.29, 0.717) is 18.4 Å². The summed E-state index contributed by atoms with van der Waals surface area (Å²) in [6.07, 6.45) is 2.52. The Labute approximate surface area is 151 Å². The lowest BCUT2D eigenvalue weighted by Gasteiger charge is -2.25. The van der Waals surface area contributed by atoms with Crippen LogP contribution in [0.3, 0.4) is 0 Å². The molecule has 2 aromatic carbocycles. The van der Waals surface area contributed by atoms with Crippen LogP contribution in [0.4, 0.5) is 12.9 Å². The van der Waals surface area contributed by atoms with Crippen molar-refractivity contribution in [1.82, 2.24) is 0 Å². The lowest BCUT2D eigenvalue weighted by atomic mass is 9.77. The van der Waals surface area contributed by atoms with Crippen molar-refractivity contribution in [3.63, 3.8) is 0 Å². The van der Waals surface area contributed by atoms with Gasteiger partial charge in [0.05, 0.1) is 14.2 Å². The first-order valence-corrected chi connectivity index (χ1v) is 8.17. The second-order valence-electron chi connectivity index (χ2n) is 5.70. The molecule has 0 atom stereocenters. The molecular weight excluding hydrogens is 344 g/mol. The number of rotatable bonds is 9. The van der Waals surface area contributed by atoms with Gasteiger partial charge in [0.25, 0.3) is 0 Å². The third kappa shape index (κ3) is 4.53. The highest BCUT2D eigenvalue weighted by Crippen LogP contribution is 2.41. The number of halogens is 3. The topological polar surface area (TPSA) is 27.7 Å². The van der Waals surface area contributed by atoms with Gasteiger partial charge in [0.15, 0.2) is 5.75 Å². The highest BCUT2D eigenvalue weighted by atomic mass is 19.4. The Bertz CT molecular complexity index is 746. The predicted molar refractivity (Wildman–Crippen MR) is 97.6 cm³/mol. The number of allylic oxidation sites excluding steroid dienone is 1. The third-order valence-electron chi connectivity index (χ3n) is 3.90. The molecular formula is C19H21BF3O3-. The molecule has 0 aliphatic rings. The van der Waals surface area contributed by atoms with Crippen molar-refractivity contribution in [1.29, 1.82) is 0 Å². The molecule has 0 aliphatic heterocycles. The van der Waals surface area contributed by atoms with Crippen molar-refractivity contribution in [3.05, 3.63) is 60.2 Å². The van der Waals surface area contributed by atoms with Crippen molar-refractivity contribution in [2.45, 2.75) is 19.4 Å². The zero-order chi connectivity index (χ0) is 19.2. The summed E-state index contributed by atoms with van der Waals surface area (Å²) >= 11 is 0. The highest BCUT2D eigenvalue weighted by molar-refractivity contribution is 6.74. The predicted octanol–water partition coefficient (Wildman–Crippen LogP) is 4.46. The van der Waals surface area contributed by atoms with E-state index >= 15 is 0 Å². The number of benzene rings is 2. The van der Waals surface area contributed by atoms with Crippen molar-refractivity contribution < 1.29 is 27.2 Å². The van der Waals surface area contributed by atoms with Gasteiger partial charge in [0.2, 0.25) is 5.75 Å². The summed E-state index contributed by atoms with van der Waals surface area (Å²) in [7, 11) is 2.49. The summed E-state index contributed by atoms with van der Waals surface area (Å²) in [4.78, 5) is 0. The number of hydrogen-bond acceptors (Lipinski definition) is 3. The van der Waals surface area contributed by atoms with Gasteiger partial charge < -0.3 is 27.2 Å². The Balaban J connectivity index is 2.52. The van der Waals surface area contributed by atoms with Crippen LogP contribution < -0.4 is 19.7 Å². The molecule has 26 heavy (non-hydrogen) atoms. The third-order valence-corrected chi connectivity index (χ3v) is 3.90. The highest BCUT2D eigenvalue weighted by Gasteiger charge is 2.33. The Morgan fingerprint density at radius 2 is 1.65 bits per heavy atom. The molecule has 0 aliphatic carbocycles. The maximum absolute atomic E-state index is 13.5. The second kappa shape index (κ2) is 8.69. The summed E-state index contributed by atoms with van der Waals surface area (Å²) in [5.74, 6) is -0.136. The van der Waals surface area contributed by atoms with E-state index in [-0.39, 0.29) is 23.9 Å². The maximum atomic E-state index is 13.5. The summed E-state index contributed by atoms with van der Waals surface area (Å²) in [6.45, 7) is -1.43. The normalized spacial score (nSPS) is 11.1. The fraction of sp³-hybridized carbons (Fsp3) is 0.263. The lowest BCUT2D eigenvalue weighted by Crippen LogP contribution is -2.36. The van der Waals surface area contributed by atoms with Crippen LogP contribution in [0.5, 0.6) is 17.2 Å². The molecule has 0 saturated carbocycles. The lowest BCUT2D eigenvalue weighted by molar-refractivity contribution is 0.273. The van der Waals surface area contributed by atoms with E-state index in [2.05, 4.69) is 6.58 Å². The van der Waals surface area contributed by atoms with Gasteiger partial charge >= 0.3 is 6.98 Å². The molecule has 0 bridgehead atoms. The van der Waals surface area contributed by atoms with Crippen LogP contribution in [0.2, 0.25) is 0 Å². The zero-order valence-corrected chi connectivity index (χ0v) is 14.8. The van der Waals surface area contributed by atoms with Crippen LogP contribution in [0.1, 0.15) is 17.5 Å². The monoisotopic (exact) mass is 365 g/mol. The fourth-order valence-electron chi connectivity index (χ4n) is 2.67. The largest absolute Gasteiger partial charge is 0.513 e. The molecule has 2 aromatic rings. The van der Waals surface area contributed by atoms with Crippen LogP contribution in [0.15, 0.2) is 49.1 Å². The number of hydrogen-bond donors (Lipinski definition) is 0. The van der Waals surface area contributed by atoms with E-state index in [0.717, 1.165) is 11.6 Å². The Morgan fingerprint density at radius 1 is 1.00 bits per heavy atom. The number of methoxy groups -OCH3 is 2. The fourth-order valence-corrected chi connectivity index (χ4v) is 2.67. The van der Waals surface area contributed by atoms with Gasteiger partial charge in [-0.15, -0.1) is 6.58 Å². The van der Waals surface area contributed by atoms with Gasteiger partial charge in [0, 0.05) is 0 Å². The first-order valence-electron chi connectivity index (χ1n) is 8.17. The van der Waals surface area contributed by atoms with Gasteiger partial charge in [-0.1, -0.05) is 47.9 Å². The van der Waals surface area contributed by atoms with E-state index in [1.165, 1.54) is 14.2 Å². The average Bonchev–Trinajstić information content (AvgIpc) is 2.63. The molecule has 7 heteroatoms. The molecule has 0 aromatic heterocycles. The molecule has 0 radical (unpaired) electrons. The quantitative estimate of drug-likeness (QED) is 0.485. The molecule has 140 valence electrons. The first kappa shape index (κ1) is 19.8. The van der Waals surface area contributed by atoms with Crippen LogP contribution in [0, 0.1) is 0 Å². The SMILES string of the molecule is C=CCCc1cc([B-](F)(F)F)c(OC)c(OC)c1OCc1ccccc1. The molecule has 0 unspecified atom stereocenters. The van der Waals surface area contributed by atoms with Crippen LogP contribution in [-0.2, 0) is 13.0 Å². The molecule has 0 fully saturated rings. The first-order chi connectivity index (χ1) is 12.4. The second-order valence-corrected chi connectivity index (χ2v) is 5.70. The van der Waals surface area contributed by atoms with Crippen LogP contribution in [0.25, 0.3) is 0 Å². The van der Waals surface area contributed by atoms with Gasteiger partial charge in [-0.3, -0.25) is 0 Å². The van der Waals surface area contributed by atoms with Gasteiger partial charge in [-0.05, 0) is 24.0 Å². The minimum atomic E-state index is -5.26. The summed E-state index contributed by atoms with van der Waals surface area (Å²) in [6, 6.07) is 10.4. The van der Waals surface area contributed by atoms with Gasteiger partial charge in [0.1, 0.15) is 12.4 Å². The van der Waals surface area contributed by atoms with E-state index in [9.17, 15) is 12.9 Å². The minimum absolute atomic E-state index is 0.0424. The van der Waals surface area contributed by atoms with Crippen molar-refractivity contribution >= 4 is 12.4 Å². The summed E-state index contributed by atoms with van der Waals surface area (Å²) in [5.41, 5.74) is 0.482. The van der Waals surface area contributed by atoms with Gasteiger partial charge in [-0.2, -0.15) is 0 Å². The molecule has 3 nitrogen and oxygen atoms in total. The smallest absolute Gasteiger partial charge is 0.496 e. The average molecular weight is 365 g/mol. The van der Waals surface area contributed by atoms with Crippen LogP contribution >= 0.6 is 0 Å². The molecule has 2 rings (SSSR count). The minimum Gasteiger partial charge on any atom is -0.496 e. The molecule has 0 saturated heterocycles. The van der Waals surface area contributed by atoms with Crippen molar-refractivity contribution in [2.24, 2.45) is 0 Å². The molecule has 0 amide bonds. The molecule has 0 spiro atoms. The maximum Gasteiger partial charge on any atom is 0.513 e. The summed E-state index contributed by atoms with van der Waals surface area (Å²) in [5, 5.41) is 0. The van der Waals surface area contributed by atoms with Crippen molar-refractivity contribution in [3.8, 4) is 17.2 Å². The Hall–Kier alpha value is -2.57. The standard InChI is InChI=1S/C19H21BF3O3/c1-4-5-11-15-12-16(20(21,22)23)18(24-2)19(25-3)17(15)26-13-14-9-7-6-8-10-14/h4,6-10,12H,1,5,11,13H2,2-3H3/q-1. The molecule has 0 heterocycles. The van der Waals surface area contributed by atoms with Crippen LogP contribution in [-0.4, -0.2) is 21.2 Å². The van der Waals surface area contributed by atoms with Crippen molar-refractivity contribution in [2.75, 3.05) is 14.2 Å². The number of ether oxygens (including phenoxy) is 3. The van der Waals surface area contributed by atoms with E-state index in [4.69, 9.17) is 14.2 Å². The van der Waals surface area contributed by atoms with Gasteiger partial charge in [-0.25, -0.2) is 0 Å². The number of aryl methyl sites for hydroxylation is 1. The van der Waals surface area contributed by atoms with E-state index in [1.54, 1.807) is 6.08 Å². The Kier molecular flexibility index (Phi) is 6.61.